The van der Waals surface area contributed by atoms with Crippen LogP contribution in [0.4, 0.5) is 10.2 Å². The molecule has 0 radical (unpaired) electrons. The third kappa shape index (κ3) is 5.92. The van der Waals surface area contributed by atoms with Crippen molar-refractivity contribution in [3.8, 4) is 6.07 Å². The number of fused-ring (bicyclic) bond motifs is 1. The fourth-order valence-corrected chi connectivity index (χ4v) is 3.88. The monoisotopic (exact) mass is 501 g/mol. The average Bonchev–Trinajstić information content (AvgIpc) is 3.25. The molecule has 0 aliphatic carbocycles. The van der Waals surface area contributed by atoms with Crippen LogP contribution in [0.1, 0.15) is 21.6 Å². The van der Waals surface area contributed by atoms with E-state index in [4.69, 9.17) is 17.3 Å². The number of nitrogens with one attached hydrogen (secondary N) is 1. The van der Waals surface area contributed by atoms with E-state index >= 15 is 0 Å². The quantitative estimate of drug-likeness (QED) is 0.538. The van der Waals surface area contributed by atoms with Crippen molar-refractivity contribution in [2.24, 2.45) is 4.99 Å². The van der Waals surface area contributed by atoms with Crippen molar-refractivity contribution < 1.29 is 9.18 Å². The minimum absolute atomic E-state index is 0.0406. The molecular weight excluding hydrogens is 481 g/mol. The van der Waals surface area contributed by atoms with Gasteiger partial charge in [0.1, 0.15) is 17.7 Å². The number of hydrogen-bond donors (Lipinski definition) is 2. The Morgan fingerprint density at radius 3 is 2.94 bits per heavy atom. The molecule has 1 aliphatic rings. The zero-order valence-corrected chi connectivity index (χ0v) is 19.8. The Morgan fingerprint density at radius 2 is 2.14 bits per heavy atom. The molecule has 0 atom stereocenters. The van der Waals surface area contributed by atoms with E-state index in [2.05, 4.69) is 27.0 Å². The summed E-state index contributed by atoms with van der Waals surface area (Å²) in [6.07, 6.45) is 9.01. The predicted octanol–water partition coefficient (Wildman–Crippen LogP) is 4.36. The highest BCUT2D eigenvalue weighted by Gasteiger charge is 2.17. The molecule has 36 heavy (non-hydrogen) atoms. The van der Waals surface area contributed by atoms with E-state index in [0.29, 0.717) is 22.0 Å². The van der Waals surface area contributed by atoms with Gasteiger partial charge in [0.05, 0.1) is 23.7 Å². The Labute approximate surface area is 211 Å². The van der Waals surface area contributed by atoms with Gasteiger partial charge in [-0.2, -0.15) is 10.4 Å². The Balaban J connectivity index is 1.51. The minimum Gasteiger partial charge on any atom is -0.383 e. The number of hydrogen-bond acceptors (Lipinski definition) is 6. The highest BCUT2D eigenvalue weighted by Crippen LogP contribution is 2.20. The fraction of sp³-hybridized carbons (Fsp3) is 0.115. The van der Waals surface area contributed by atoms with Gasteiger partial charge in [-0.05, 0) is 46.4 Å². The van der Waals surface area contributed by atoms with Gasteiger partial charge >= 0.3 is 0 Å². The number of allylic oxidation sites excluding steroid dienone is 6. The first-order valence-corrected chi connectivity index (χ1v) is 11.2. The van der Waals surface area contributed by atoms with E-state index in [1.807, 2.05) is 30.3 Å². The number of carbonyl (C=O) groups excluding carboxylic acids is 1. The summed E-state index contributed by atoms with van der Waals surface area (Å²) in [5.41, 5.74) is 7.86. The Morgan fingerprint density at radius 1 is 1.31 bits per heavy atom. The van der Waals surface area contributed by atoms with Gasteiger partial charge in [0.2, 0.25) is 0 Å². The van der Waals surface area contributed by atoms with Crippen molar-refractivity contribution in [3.63, 3.8) is 0 Å². The van der Waals surface area contributed by atoms with Crippen LogP contribution >= 0.6 is 11.6 Å². The standard InChI is InChI=1S/C26H21ClFN7O/c1-16-6-18(9-21(28)13-31-12-20(27)7-16)14-35-15-23(24(10-29)34-35)26(36)33-11-17-2-3-22-19(8-17)4-5-32-25(22)30/h2-9,12,15H,1,11,13-14H2,(H2,30,32)(H,33,36)/b18-6?,20-7+,21-9+,31-12?. The number of aromatic nitrogens is 3. The van der Waals surface area contributed by atoms with E-state index < -0.39 is 11.7 Å². The summed E-state index contributed by atoms with van der Waals surface area (Å²) in [6.45, 7) is 4.06. The van der Waals surface area contributed by atoms with Crippen LogP contribution in [0.5, 0.6) is 0 Å². The van der Waals surface area contributed by atoms with Crippen LogP contribution in [0.2, 0.25) is 0 Å². The second-order valence-electron chi connectivity index (χ2n) is 8.02. The van der Waals surface area contributed by atoms with Crippen molar-refractivity contribution >= 4 is 40.3 Å². The zero-order valence-electron chi connectivity index (χ0n) is 19.1. The van der Waals surface area contributed by atoms with Crippen molar-refractivity contribution in [3.05, 3.63) is 100 Å². The Hall–Kier alpha value is -4.55. The van der Waals surface area contributed by atoms with Crippen LogP contribution in [-0.4, -0.2) is 33.4 Å². The largest absolute Gasteiger partial charge is 0.383 e. The first-order chi connectivity index (χ1) is 17.3. The van der Waals surface area contributed by atoms with Gasteiger partial charge in [-0.15, -0.1) is 0 Å². The van der Waals surface area contributed by atoms with Gasteiger partial charge in [-0.3, -0.25) is 14.5 Å². The maximum atomic E-state index is 14.3. The zero-order chi connectivity index (χ0) is 25.7. The molecular formula is C26H21ClFN7O. The number of nitrogens with two attached hydrogens (primary N) is 1. The molecule has 0 saturated carbocycles. The molecule has 0 spiro atoms. The lowest BCUT2D eigenvalue weighted by Crippen LogP contribution is -2.23. The van der Waals surface area contributed by atoms with Crippen LogP contribution < -0.4 is 11.1 Å². The topological polar surface area (TPSA) is 122 Å². The molecule has 1 aromatic carbocycles. The number of aliphatic imine (C=N–C) groups is 1. The van der Waals surface area contributed by atoms with Gasteiger partial charge in [0, 0.05) is 30.5 Å². The molecule has 8 nitrogen and oxygen atoms in total. The lowest BCUT2D eigenvalue weighted by molar-refractivity contribution is 0.0950. The normalized spacial score (nSPS) is 16.9. The van der Waals surface area contributed by atoms with Crippen molar-refractivity contribution in [2.45, 2.75) is 13.1 Å². The van der Waals surface area contributed by atoms with Crippen LogP contribution in [0.25, 0.3) is 10.8 Å². The number of nitrogen functional groups attached to an aromatic ring is 1. The predicted molar refractivity (Wildman–Crippen MR) is 138 cm³/mol. The molecule has 1 aliphatic heterocycles. The number of nitrogens with zero attached hydrogens (tertiary/aromatic N) is 5. The first-order valence-electron chi connectivity index (χ1n) is 10.8. The molecule has 3 heterocycles. The molecule has 0 fully saturated rings. The lowest BCUT2D eigenvalue weighted by Gasteiger charge is -2.07. The second-order valence-corrected chi connectivity index (χ2v) is 8.46. The molecule has 180 valence electrons. The summed E-state index contributed by atoms with van der Waals surface area (Å²) in [5.74, 6) is -0.498. The summed E-state index contributed by atoms with van der Waals surface area (Å²) in [5, 5.41) is 18.6. The van der Waals surface area contributed by atoms with Crippen molar-refractivity contribution in [1.82, 2.24) is 20.1 Å². The van der Waals surface area contributed by atoms with E-state index in [9.17, 15) is 14.4 Å². The summed E-state index contributed by atoms with van der Waals surface area (Å²) in [4.78, 5) is 20.9. The van der Waals surface area contributed by atoms with Gasteiger partial charge in [-0.25, -0.2) is 9.37 Å². The molecule has 3 aromatic rings. The van der Waals surface area contributed by atoms with Gasteiger partial charge in [-0.1, -0.05) is 36.4 Å². The van der Waals surface area contributed by atoms with Crippen LogP contribution in [0, 0.1) is 11.3 Å². The van der Waals surface area contributed by atoms with Gasteiger partial charge in [0.25, 0.3) is 5.91 Å². The molecule has 10 heteroatoms. The van der Waals surface area contributed by atoms with E-state index in [1.54, 1.807) is 18.3 Å². The fourth-order valence-electron chi connectivity index (χ4n) is 3.67. The maximum absolute atomic E-state index is 14.3. The van der Waals surface area contributed by atoms with E-state index in [-0.39, 0.29) is 30.9 Å². The molecule has 2 aromatic heterocycles. The maximum Gasteiger partial charge on any atom is 0.256 e. The summed E-state index contributed by atoms with van der Waals surface area (Å²) < 4.78 is 15.7. The molecule has 4 rings (SSSR count). The van der Waals surface area contributed by atoms with Gasteiger partial charge in [0.15, 0.2) is 5.69 Å². The number of pyridine rings is 1. The second kappa shape index (κ2) is 10.8. The minimum atomic E-state index is -0.477. The molecule has 1 amide bonds. The average molecular weight is 502 g/mol. The highest BCUT2D eigenvalue weighted by atomic mass is 35.5. The van der Waals surface area contributed by atoms with E-state index in [1.165, 1.54) is 23.2 Å². The smallest absolute Gasteiger partial charge is 0.256 e. The van der Waals surface area contributed by atoms with Crippen LogP contribution in [-0.2, 0) is 13.1 Å². The summed E-state index contributed by atoms with van der Waals surface area (Å²) in [7, 11) is 0. The molecule has 0 unspecified atom stereocenters. The number of nitriles is 1. The number of anilines is 1. The third-order valence-corrected chi connectivity index (χ3v) is 5.47. The summed E-state index contributed by atoms with van der Waals surface area (Å²) in [6, 6.07) is 9.38. The molecule has 3 N–H and O–H groups in total. The lowest BCUT2D eigenvalue weighted by atomic mass is 10.1. The van der Waals surface area contributed by atoms with Crippen molar-refractivity contribution in [2.75, 3.05) is 12.3 Å². The molecule has 0 saturated heterocycles. The number of carbonyl (C=O) groups is 1. The number of benzene rings is 1. The third-order valence-electron chi connectivity index (χ3n) is 5.26. The number of amides is 1. The highest BCUT2D eigenvalue weighted by molar-refractivity contribution is 6.39. The Kier molecular flexibility index (Phi) is 7.37. The first kappa shape index (κ1) is 24.6. The summed E-state index contributed by atoms with van der Waals surface area (Å²) >= 11 is 6.03. The van der Waals surface area contributed by atoms with Crippen molar-refractivity contribution in [1.29, 1.82) is 5.26 Å². The van der Waals surface area contributed by atoms with Gasteiger partial charge < -0.3 is 11.1 Å². The van der Waals surface area contributed by atoms with E-state index in [0.717, 1.165) is 16.3 Å². The SMILES string of the molecule is C=C1C=C(Cn2cc(C(=O)NCc3ccc4c(N)nccc4c3)c(C#N)n2)/C=C(/F)CN=C/C(Cl)=C\1. The molecule has 0 bridgehead atoms. The number of rotatable bonds is 5. The number of halogens is 2. The Bertz CT molecular complexity index is 1520. The van der Waals surface area contributed by atoms with Crippen LogP contribution in [0.15, 0.2) is 88.5 Å². The van der Waals surface area contributed by atoms with Crippen LogP contribution in [0.3, 0.4) is 0 Å².